The Balaban J connectivity index is 1.74. The molecule has 2 aromatic heterocycles. The average molecular weight is 396 g/mol. The largest absolute Gasteiger partial charge is 0.416 e. The van der Waals surface area contributed by atoms with Gasteiger partial charge >= 0.3 is 6.18 Å². The van der Waals surface area contributed by atoms with Gasteiger partial charge in [0.25, 0.3) is 5.91 Å². The lowest BCUT2D eigenvalue weighted by Gasteiger charge is -2.11. The van der Waals surface area contributed by atoms with Crippen molar-refractivity contribution in [1.29, 1.82) is 0 Å². The van der Waals surface area contributed by atoms with E-state index in [9.17, 15) is 18.0 Å². The molecule has 1 N–H and O–H groups in total. The number of fused-ring (bicyclic) bond motifs is 1. The van der Waals surface area contributed by atoms with Gasteiger partial charge in [0.05, 0.1) is 28.8 Å². The van der Waals surface area contributed by atoms with Gasteiger partial charge in [0.15, 0.2) is 0 Å². The Labute approximate surface area is 163 Å². The fourth-order valence-electron chi connectivity index (χ4n) is 2.98. The first-order valence-electron chi connectivity index (χ1n) is 8.68. The van der Waals surface area contributed by atoms with E-state index in [1.54, 1.807) is 48.1 Å². The number of carbonyl (C=O) groups excluding carboxylic acids is 1. The molecular weight excluding hydrogens is 381 g/mol. The molecule has 5 nitrogen and oxygen atoms in total. The maximum absolute atomic E-state index is 13.0. The Morgan fingerprint density at radius 1 is 1.07 bits per heavy atom. The number of amides is 1. The van der Waals surface area contributed by atoms with Crippen LogP contribution in [0.4, 0.5) is 18.9 Å². The predicted molar refractivity (Wildman–Crippen MR) is 103 cm³/mol. The second kappa shape index (κ2) is 7.05. The number of rotatable bonds is 3. The summed E-state index contributed by atoms with van der Waals surface area (Å²) >= 11 is 0. The van der Waals surface area contributed by atoms with E-state index in [2.05, 4.69) is 15.3 Å². The molecule has 0 atom stereocenters. The van der Waals surface area contributed by atoms with Crippen LogP contribution in [-0.2, 0) is 13.2 Å². The van der Waals surface area contributed by atoms with E-state index in [1.165, 1.54) is 12.4 Å². The third kappa shape index (κ3) is 3.82. The van der Waals surface area contributed by atoms with Gasteiger partial charge in [-0.2, -0.15) is 13.2 Å². The van der Waals surface area contributed by atoms with E-state index in [4.69, 9.17) is 0 Å². The minimum atomic E-state index is -4.44. The predicted octanol–water partition coefficient (Wildman–Crippen LogP) is 4.91. The zero-order valence-corrected chi connectivity index (χ0v) is 15.2. The Morgan fingerprint density at radius 3 is 2.59 bits per heavy atom. The highest BCUT2D eigenvalue weighted by atomic mass is 19.4. The molecule has 0 fully saturated rings. The quantitative estimate of drug-likeness (QED) is 0.536. The van der Waals surface area contributed by atoms with Crippen LogP contribution in [0.5, 0.6) is 0 Å². The Morgan fingerprint density at radius 2 is 1.86 bits per heavy atom. The third-order valence-corrected chi connectivity index (χ3v) is 4.39. The van der Waals surface area contributed by atoms with Crippen molar-refractivity contribution in [2.45, 2.75) is 6.18 Å². The number of nitrogens with one attached hydrogen (secondary N) is 1. The van der Waals surface area contributed by atoms with E-state index in [1.807, 2.05) is 6.07 Å². The van der Waals surface area contributed by atoms with Gasteiger partial charge in [0, 0.05) is 24.2 Å². The Kier molecular flexibility index (Phi) is 4.54. The van der Waals surface area contributed by atoms with Crippen LogP contribution in [-0.4, -0.2) is 20.4 Å². The number of hydrogen-bond acceptors (Lipinski definition) is 3. The lowest BCUT2D eigenvalue weighted by atomic mass is 10.1. The average Bonchev–Trinajstić information content (AvgIpc) is 3.14. The molecule has 0 unspecified atom stereocenters. The summed E-state index contributed by atoms with van der Waals surface area (Å²) in [6.07, 6.45) is -1.33. The lowest BCUT2D eigenvalue weighted by molar-refractivity contribution is -0.137. The summed E-state index contributed by atoms with van der Waals surface area (Å²) < 4.78 is 40.7. The van der Waals surface area contributed by atoms with Gasteiger partial charge in [-0.1, -0.05) is 30.3 Å². The smallest absolute Gasteiger partial charge is 0.340 e. The summed E-state index contributed by atoms with van der Waals surface area (Å²) in [6.45, 7) is 0. The summed E-state index contributed by atoms with van der Waals surface area (Å²) in [5.74, 6) is -0.399. The number of imidazole rings is 1. The van der Waals surface area contributed by atoms with Crippen LogP contribution < -0.4 is 5.32 Å². The highest BCUT2D eigenvalue weighted by molar-refractivity contribution is 6.07. The molecule has 8 heteroatoms. The first-order valence-corrected chi connectivity index (χ1v) is 8.68. The third-order valence-electron chi connectivity index (χ3n) is 4.39. The van der Waals surface area contributed by atoms with Crippen molar-refractivity contribution in [3.63, 3.8) is 0 Å². The molecule has 2 aromatic carbocycles. The molecule has 29 heavy (non-hydrogen) atoms. The van der Waals surface area contributed by atoms with Crippen molar-refractivity contribution in [1.82, 2.24) is 14.5 Å². The van der Waals surface area contributed by atoms with Gasteiger partial charge in [-0.15, -0.1) is 0 Å². The number of halogens is 3. The molecule has 0 saturated heterocycles. The van der Waals surface area contributed by atoms with E-state index in [0.29, 0.717) is 22.5 Å². The number of para-hydroxylation sites is 1. The summed E-state index contributed by atoms with van der Waals surface area (Å²) in [5, 5.41) is 3.52. The van der Waals surface area contributed by atoms with Crippen LogP contribution in [0, 0.1) is 0 Å². The summed E-state index contributed by atoms with van der Waals surface area (Å²) in [6, 6.07) is 13.7. The maximum Gasteiger partial charge on any atom is 0.416 e. The fourth-order valence-corrected chi connectivity index (χ4v) is 2.98. The molecule has 146 valence electrons. The van der Waals surface area contributed by atoms with Crippen molar-refractivity contribution in [2.75, 3.05) is 5.32 Å². The van der Waals surface area contributed by atoms with Gasteiger partial charge in [-0.3, -0.25) is 4.79 Å². The van der Waals surface area contributed by atoms with Crippen LogP contribution in [0.25, 0.3) is 22.2 Å². The van der Waals surface area contributed by atoms with Gasteiger partial charge in [0.2, 0.25) is 0 Å². The number of nitrogens with zero attached hydrogens (tertiary/aromatic N) is 3. The van der Waals surface area contributed by atoms with Crippen molar-refractivity contribution in [3.8, 4) is 11.3 Å². The molecule has 4 aromatic rings. The summed E-state index contributed by atoms with van der Waals surface area (Å²) in [5.41, 5.74) is 1.15. The molecular formula is C21H15F3N4O. The normalized spacial score (nSPS) is 11.6. The number of carbonyl (C=O) groups is 1. The van der Waals surface area contributed by atoms with Crippen molar-refractivity contribution in [3.05, 3.63) is 78.4 Å². The van der Waals surface area contributed by atoms with Crippen LogP contribution in [0.1, 0.15) is 16.1 Å². The molecule has 1 amide bonds. The second-order valence-electron chi connectivity index (χ2n) is 6.53. The number of hydrogen-bond donors (Lipinski definition) is 1. The first kappa shape index (κ1) is 18.7. The Hall–Kier alpha value is -3.68. The molecule has 0 bridgehead atoms. The minimum absolute atomic E-state index is 0.249. The number of benzene rings is 2. The molecule has 0 spiro atoms. The fraction of sp³-hybridized carbons (Fsp3) is 0.0952. The zero-order chi connectivity index (χ0) is 20.6. The maximum atomic E-state index is 13.0. The van der Waals surface area contributed by atoms with E-state index in [0.717, 1.165) is 17.5 Å². The SMILES string of the molecule is Cn1cnc(C(=O)Nc2cccc3ccc(-c4cccc(C(F)(F)F)c4)nc23)c1. The monoisotopic (exact) mass is 396 g/mol. The highest BCUT2D eigenvalue weighted by Gasteiger charge is 2.30. The van der Waals surface area contributed by atoms with Crippen LogP contribution in [0.2, 0.25) is 0 Å². The molecule has 2 heterocycles. The van der Waals surface area contributed by atoms with Crippen molar-refractivity contribution >= 4 is 22.5 Å². The number of anilines is 1. The summed E-state index contributed by atoms with van der Waals surface area (Å²) in [7, 11) is 1.75. The topological polar surface area (TPSA) is 59.8 Å². The first-order chi connectivity index (χ1) is 13.8. The Bertz CT molecular complexity index is 1210. The minimum Gasteiger partial charge on any atom is -0.340 e. The second-order valence-corrected chi connectivity index (χ2v) is 6.53. The molecule has 0 aliphatic rings. The van der Waals surface area contributed by atoms with Crippen LogP contribution in [0.15, 0.2) is 67.1 Å². The highest BCUT2D eigenvalue weighted by Crippen LogP contribution is 2.32. The molecule has 0 aliphatic heterocycles. The molecule has 4 rings (SSSR count). The van der Waals surface area contributed by atoms with Crippen LogP contribution in [0.3, 0.4) is 0 Å². The van der Waals surface area contributed by atoms with E-state index < -0.39 is 17.6 Å². The van der Waals surface area contributed by atoms with Crippen molar-refractivity contribution < 1.29 is 18.0 Å². The van der Waals surface area contributed by atoms with Gasteiger partial charge in [-0.25, -0.2) is 9.97 Å². The van der Waals surface area contributed by atoms with Crippen LogP contribution >= 0.6 is 0 Å². The van der Waals surface area contributed by atoms with E-state index >= 15 is 0 Å². The standard InChI is InChI=1S/C21H15F3N4O/c1-28-11-18(25-12-28)20(29)27-17-7-3-4-13-8-9-16(26-19(13)17)14-5-2-6-15(10-14)21(22,23)24/h2-12H,1H3,(H,27,29). The summed E-state index contributed by atoms with van der Waals surface area (Å²) in [4.78, 5) is 21.0. The number of aromatic nitrogens is 3. The van der Waals surface area contributed by atoms with Gasteiger partial charge < -0.3 is 9.88 Å². The number of alkyl halides is 3. The van der Waals surface area contributed by atoms with Gasteiger partial charge in [-0.05, 0) is 24.3 Å². The zero-order valence-electron chi connectivity index (χ0n) is 15.2. The van der Waals surface area contributed by atoms with E-state index in [-0.39, 0.29) is 5.69 Å². The number of aryl methyl sites for hydroxylation is 1. The lowest BCUT2D eigenvalue weighted by Crippen LogP contribution is -2.13. The number of pyridine rings is 1. The molecule has 0 saturated carbocycles. The molecule has 0 aliphatic carbocycles. The van der Waals surface area contributed by atoms with Crippen molar-refractivity contribution in [2.24, 2.45) is 7.05 Å². The van der Waals surface area contributed by atoms with Gasteiger partial charge in [0.1, 0.15) is 5.69 Å². The molecule has 0 radical (unpaired) electrons.